The van der Waals surface area contributed by atoms with E-state index in [4.69, 9.17) is 4.42 Å². The van der Waals surface area contributed by atoms with E-state index in [2.05, 4.69) is 0 Å². The van der Waals surface area contributed by atoms with E-state index in [1.165, 1.54) is 42.9 Å². The number of furan rings is 1. The monoisotopic (exact) mass is 266 g/mol. The van der Waals surface area contributed by atoms with Gasteiger partial charge in [0.2, 0.25) is 0 Å². The highest BCUT2D eigenvalue weighted by atomic mass is 19.4. The molecule has 5 heteroatoms. The number of carbonyl (C=O) groups excluding carboxylic acids is 1. The zero-order valence-corrected chi connectivity index (χ0v) is 9.65. The van der Waals surface area contributed by atoms with Gasteiger partial charge < -0.3 is 4.42 Å². The van der Waals surface area contributed by atoms with Crippen LogP contribution in [0.3, 0.4) is 0 Å². The van der Waals surface area contributed by atoms with Crippen LogP contribution in [0.5, 0.6) is 0 Å². The Bertz CT molecular complexity index is 595. The summed E-state index contributed by atoms with van der Waals surface area (Å²) in [5, 5.41) is 0. The topological polar surface area (TPSA) is 30.2 Å². The van der Waals surface area contributed by atoms with Crippen LogP contribution in [0.2, 0.25) is 0 Å². The molecule has 0 atom stereocenters. The van der Waals surface area contributed by atoms with Gasteiger partial charge in [-0.2, -0.15) is 13.2 Å². The Kier molecular flexibility index (Phi) is 3.55. The first-order valence-electron chi connectivity index (χ1n) is 5.39. The molecular weight excluding hydrogens is 257 g/mol. The number of benzene rings is 1. The van der Waals surface area contributed by atoms with Crippen LogP contribution in [-0.4, -0.2) is 5.78 Å². The minimum atomic E-state index is -4.39. The molecule has 0 aliphatic carbocycles. The third kappa shape index (κ3) is 3.34. The molecule has 1 aromatic heterocycles. The van der Waals surface area contributed by atoms with Crippen LogP contribution in [-0.2, 0) is 6.18 Å². The molecule has 2 rings (SSSR count). The highest BCUT2D eigenvalue weighted by Crippen LogP contribution is 2.29. The number of ketones is 1. The fraction of sp³-hybridized carbons (Fsp3) is 0.0714. The number of hydrogen-bond acceptors (Lipinski definition) is 2. The second kappa shape index (κ2) is 5.14. The van der Waals surface area contributed by atoms with E-state index in [0.717, 1.165) is 12.1 Å². The van der Waals surface area contributed by atoms with Gasteiger partial charge in [-0.05, 0) is 29.8 Å². The lowest BCUT2D eigenvalue weighted by Crippen LogP contribution is -2.04. The quantitative estimate of drug-likeness (QED) is 0.615. The maximum absolute atomic E-state index is 12.5. The Balaban J connectivity index is 2.18. The molecular formula is C14H9F3O2. The Morgan fingerprint density at radius 1 is 1.21 bits per heavy atom. The summed E-state index contributed by atoms with van der Waals surface area (Å²) in [6.45, 7) is 0. The van der Waals surface area contributed by atoms with Crippen LogP contribution in [0.15, 0.2) is 53.4 Å². The molecule has 0 spiro atoms. The molecule has 0 radical (unpaired) electrons. The number of halogens is 3. The lowest BCUT2D eigenvalue weighted by Gasteiger charge is -2.06. The molecule has 1 heterocycles. The van der Waals surface area contributed by atoms with Gasteiger partial charge in [-0.15, -0.1) is 0 Å². The van der Waals surface area contributed by atoms with E-state index in [1.807, 2.05) is 0 Å². The van der Waals surface area contributed by atoms with Gasteiger partial charge >= 0.3 is 6.18 Å². The molecule has 1 aromatic carbocycles. The Morgan fingerprint density at radius 3 is 2.63 bits per heavy atom. The third-order valence-electron chi connectivity index (χ3n) is 2.45. The van der Waals surface area contributed by atoms with E-state index >= 15 is 0 Å². The number of alkyl halides is 3. The largest absolute Gasteiger partial charge is 0.472 e. The summed E-state index contributed by atoms with van der Waals surface area (Å²) in [6, 6.07) is 6.24. The normalized spacial score (nSPS) is 11.9. The van der Waals surface area contributed by atoms with Crippen molar-refractivity contribution in [2.75, 3.05) is 0 Å². The molecule has 0 saturated heterocycles. The highest BCUT2D eigenvalue weighted by molar-refractivity contribution is 6.06. The summed E-state index contributed by atoms with van der Waals surface area (Å²) < 4.78 is 42.2. The van der Waals surface area contributed by atoms with Gasteiger partial charge in [0, 0.05) is 0 Å². The van der Waals surface area contributed by atoms with Crippen molar-refractivity contribution in [3.63, 3.8) is 0 Å². The van der Waals surface area contributed by atoms with E-state index in [1.54, 1.807) is 0 Å². The third-order valence-corrected chi connectivity index (χ3v) is 2.45. The maximum Gasteiger partial charge on any atom is 0.416 e. The Labute approximate surface area is 107 Å². The molecule has 0 unspecified atom stereocenters. The van der Waals surface area contributed by atoms with Crippen molar-refractivity contribution in [3.05, 3.63) is 65.6 Å². The molecule has 2 aromatic rings. The van der Waals surface area contributed by atoms with Crippen molar-refractivity contribution in [1.29, 1.82) is 0 Å². The summed E-state index contributed by atoms with van der Waals surface area (Å²) in [6.07, 6.45) is 0.785. The van der Waals surface area contributed by atoms with Crippen molar-refractivity contribution in [1.82, 2.24) is 0 Å². The molecule has 0 bridgehead atoms. The summed E-state index contributed by atoms with van der Waals surface area (Å²) in [5.74, 6) is -0.328. The lowest BCUT2D eigenvalue weighted by atomic mass is 10.1. The van der Waals surface area contributed by atoms with Gasteiger partial charge in [-0.25, -0.2) is 0 Å². The fourth-order valence-electron chi connectivity index (χ4n) is 1.49. The van der Waals surface area contributed by atoms with Crippen molar-refractivity contribution in [2.24, 2.45) is 0 Å². The minimum Gasteiger partial charge on any atom is -0.472 e. The summed E-state index contributed by atoms with van der Waals surface area (Å²) in [4.78, 5) is 11.6. The van der Waals surface area contributed by atoms with Crippen LogP contribution in [0, 0.1) is 0 Å². The highest BCUT2D eigenvalue weighted by Gasteiger charge is 2.30. The number of hydrogen-bond donors (Lipinski definition) is 0. The van der Waals surface area contributed by atoms with E-state index in [0.29, 0.717) is 11.1 Å². The summed E-state index contributed by atoms with van der Waals surface area (Å²) >= 11 is 0. The molecule has 0 fully saturated rings. The van der Waals surface area contributed by atoms with Crippen molar-refractivity contribution in [3.8, 4) is 0 Å². The molecule has 0 amide bonds. The van der Waals surface area contributed by atoms with Crippen LogP contribution in [0.1, 0.15) is 21.5 Å². The van der Waals surface area contributed by atoms with Gasteiger partial charge in [0.15, 0.2) is 5.78 Å². The molecule has 0 N–H and O–H groups in total. The van der Waals surface area contributed by atoms with Gasteiger partial charge in [-0.3, -0.25) is 4.79 Å². The van der Waals surface area contributed by atoms with Crippen molar-refractivity contribution >= 4 is 11.9 Å². The van der Waals surface area contributed by atoms with Crippen LogP contribution in [0.4, 0.5) is 13.2 Å². The number of allylic oxidation sites excluding steroid dienone is 1. The molecule has 0 aliphatic rings. The second-order valence-corrected chi connectivity index (χ2v) is 3.83. The fourth-order valence-corrected chi connectivity index (χ4v) is 1.49. The first-order chi connectivity index (χ1) is 8.97. The van der Waals surface area contributed by atoms with Crippen LogP contribution in [0.25, 0.3) is 6.08 Å². The molecule has 19 heavy (non-hydrogen) atoms. The van der Waals surface area contributed by atoms with Gasteiger partial charge in [-0.1, -0.05) is 18.2 Å². The number of carbonyl (C=O) groups is 1. The zero-order chi connectivity index (χ0) is 13.9. The maximum atomic E-state index is 12.5. The van der Waals surface area contributed by atoms with E-state index < -0.39 is 11.7 Å². The Hall–Kier alpha value is -2.30. The van der Waals surface area contributed by atoms with Gasteiger partial charge in [0.1, 0.15) is 6.26 Å². The predicted molar refractivity (Wildman–Crippen MR) is 63.5 cm³/mol. The summed E-state index contributed by atoms with van der Waals surface area (Å²) in [7, 11) is 0. The average molecular weight is 266 g/mol. The minimum absolute atomic E-state index is 0.312. The van der Waals surface area contributed by atoms with Crippen molar-refractivity contribution < 1.29 is 22.4 Å². The van der Waals surface area contributed by atoms with Crippen molar-refractivity contribution in [2.45, 2.75) is 6.18 Å². The van der Waals surface area contributed by atoms with Crippen LogP contribution >= 0.6 is 0 Å². The average Bonchev–Trinajstić information content (AvgIpc) is 2.89. The SMILES string of the molecule is O=C(C=Cc1cccc(C(F)(F)F)c1)c1ccoc1. The molecule has 2 nitrogen and oxygen atoms in total. The molecule has 0 aliphatic heterocycles. The Morgan fingerprint density at radius 2 is 2.00 bits per heavy atom. The number of rotatable bonds is 3. The summed E-state index contributed by atoms with van der Waals surface area (Å²) in [5.41, 5.74) is -0.0831. The van der Waals surface area contributed by atoms with Gasteiger partial charge in [0.05, 0.1) is 17.4 Å². The smallest absolute Gasteiger partial charge is 0.416 e. The predicted octanol–water partition coefficient (Wildman–Crippen LogP) is 4.19. The first kappa shape index (κ1) is 13.1. The lowest BCUT2D eigenvalue weighted by molar-refractivity contribution is -0.137. The standard InChI is InChI=1S/C14H9F3O2/c15-14(16,17)12-3-1-2-10(8-12)4-5-13(18)11-6-7-19-9-11/h1-9H. The first-order valence-corrected chi connectivity index (χ1v) is 5.39. The van der Waals surface area contributed by atoms with Gasteiger partial charge in [0.25, 0.3) is 0 Å². The molecule has 0 saturated carbocycles. The van der Waals surface area contributed by atoms with Crippen LogP contribution < -0.4 is 0 Å². The van der Waals surface area contributed by atoms with E-state index in [9.17, 15) is 18.0 Å². The second-order valence-electron chi connectivity index (χ2n) is 3.83. The van der Waals surface area contributed by atoms with E-state index in [-0.39, 0.29) is 5.78 Å². The zero-order valence-electron chi connectivity index (χ0n) is 9.65. The molecule has 98 valence electrons.